The van der Waals surface area contributed by atoms with Gasteiger partial charge in [0, 0.05) is 0 Å². The molecule has 1 heterocycles. The average Bonchev–Trinajstić information content (AvgIpc) is 2.63. The molecular formula is C15H24O. The lowest BCUT2D eigenvalue weighted by atomic mass is 9.69. The third-order valence-electron chi connectivity index (χ3n) is 4.89. The van der Waals surface area contributed by atoms with E-state index in [1.54, 1.807) is 0 Å². The quantitative estimate of drug-likeness (QED) is 0.604. The monoisotopic (exact) mass is 220 g/mol. The van der Waals surface area contributed by atoms with E-state index in [0.717, 1.165) is 18.8 Å². The van der Waals surface area contributed by atoms with E-state index in [1.165, 1.54) is 12.0 Å². The molecule has 1 heteroatoms. The van der Waals surface area contributed by atoms with E-state index in [4.69, 9.17) is 4.74 Å². The summed E-state index contributed by atoms with van der Waals surface area (Å²) in [6, 6.07) is 0. The van der Waals surface area contributed by atoms with Crippen LogP contribution in [0.3, 0.4) is 0 Å². The topological polar surface area (TPSA) is 9.23 Å². The van der Waals surface area contributed by atoms with Crippen molar-refractivity contribution in [3.8, 4) is 0 Å². The SMILES string of the molecule is C=C[C@@]1(C)CC[C@@]2(O1)C(C)=CC[C@H](C)[C@H]2C. The van der Waals surface area contributed by atoms with Crippen LogP contribution in [-0.4, -0.2) is 11.2 Å². The van der Waals surface area contributed by atoms with Gasteiger partial charge in [0.1, 0.15) is 0 Å². The predicted octanol–water partition coefficient (Wildman–Crippen LogP) is 4.10. The number of ether oxygens (including phenoxy) is 1. The van der Waals surface area contributed by atoms with Crippen molar-refractivity contribution in [3.63, 3.8) is 0 Å². The van der Waals surface area contributed by atoms with E-state index in [-0.39, 0.29) is 11.2 Å². The molecule has 0 N–H and O–H groups in total. The fourth-order valence-electron chi connectivity index (χ4n) is 3.25. The average molecular weight is 220 g/mol. The van der Waals surface area contributed by atoms with Gasteiger partial charge in [0.2, 0.25) is 0 Å². The van der Waals surface area contributed by atoms with Crippen molar-refractivity contribution in [2.24, 2.45) is 11.8 Å². The smallest absolute Gasteiger partial charge is 0.0929 e. The summed E-state index contributed by atoms with van der Waals surface area (Å²) < 4.78 is 6.44. The maximum atomic E-state index is 6.44. The van der Waals surface area contributed by atoms with Gasteiger partial charge >= 0.3 is 0 Å². The van der Waals surface area contributed by atoms with E-state index >= 15 is 0 Å². The van der Waals surface area contributed by atoms with Gasteiger partial charge in [-0.05, 0) is 50.5 Å². The highest BCUT2D eigenvalue weighted by Gasteiger charge is 2.51. The first kappa shape index (κ1) is 11.9. The molecule has 0 aromatic heterocycles. The molecule has 90 valence electrons. The van der Waals surface area contributed by atoms with Gasteiger partial charge in [0.05, 0.1) is 11.2 Å². The minimum Gasteiger partial charge on any atom is -0.360 e. The van der Waals surface area contributed by atoms with Crippen LogP contribution in [0.4, 0.5) is 0 Å². The highest BCUT2D eigenvalue weighted by atomic mass is 16.5. The van der Waals surface area contributed by atoms with Crippen LogP contribution in [0.25, 0.3) is 0 Å². The van der Waals surface area contributed by atoms with E-state index in [1.807, 2.05) is 6.08 Å². The van der Waals surface area contributed by atoms with Crippen LogP contribution in [-0.2, 0) is 4.74 Å². The van der Waals surface area contributed by atoms with Crippen molar-refractivity contribution in [3.05, 3.63) is 24.3 Å². The summed E-state index contributed by atoms with van der Waals surface area (Å²) in [6.45, 7) is 13.0. The zero-order valence-electron chi connectivity index (χ0n) is 11.0. The molecule has 2 rings (SSSR count). The molecule has 4 atom stereocenters. The Morgan fingerprint density at radius 3 is 2.69 bits per heavy atom. The second-order valence-electron chi connectivity index (χ2n) is 5.90. The first-order chi connectivity index (χ1) is 7.43. The molecular weight excluding hydrogens is 196 g/mol. The van der Waals surface area contributed by atoms with Gasteiger partial charge in [-0.3, -0.25) is 0 Å². The summed E-state index contributed by atoms with van der Waals surface area (Å²) in [5.74, 6) is 1.33. The van der Waals surface area contributed by atoms with Gasteiger partial charge < -0.3 is 4.74 Å². The number of hydrogen-bond donors (Lipinski definition) is 0. The van der Waals surface area contributed by atoms with Crippen molar-refractivity contribution in [1.82, 2.24) is 0 Å². The molecule has 1 spiro atoms. The lowest BCUT2D eigenvalue weighted by Gasteiger charge is -2.44. The Balaban J connectivity index is 2.34. The zero-order valence-corrected chi connectivity index (χ0v) is 11.0. The first-order valence-electron chi connectivity index (χ1n) is 6.44. The molecule has 0 saturated carbocycles. The number of hydrogen-bond acceptors (Lipinski definition) is 1. The van der Waals surface area contributed by atoms with Gasteiger partial charge in [0.25, 0.3) is 0 Å². The molecule has 1 nitrogen and oxygen atoms in total. The van der Waals surface area contributed by atoms with E-state index in [0.29, 0.717) is 5.92 Å². The van der Waals surface area contributed by atoms with E-state index < -0.39 is 0 Å². The lowest BCUT2D eigenvalue weighted by Crippen LogP contribution is -2.44. The van der Waals surface area contributed by atoms with Crippen LogP contribution >= 0.6 is 0 Å². The Hall–Kier alpha value is -0.560. The zero-order chi connectivity index (χ0) is 12.0. The molecule has 1 aliphatic heterocycles. The third kappa shape index (κ3) is 1.57. The summed E-state index contributed by atoms with van der Waals surface area (Å²) in [4.78, 5) is 0. The molecule has 0 unspecified atom stereocenters. The highest BCUT2D eigenvalue weighted by molar-refractivity contribution is 5.25. The Morgan fingerprint density at radius 1 is 1.44 bits per heavy atom. The molecule has 1 saturated heterocycles. The molecule has 2 aliphatic rings. The van der Waals surface area contributed by atoms with Gasteiger partial charge in [-0.15, -0.1) is 6.58 Å². The minimum absolute atomic E-state index is 0.0133. The normalized spacial score (nSPS) is 48.1. The fraction of sp³-hybridized carbons (Fsp3) is 0.733. The molecule has 0 bridgehead atoms. The minimum atomic E-state index is -0.125. The van der Waals surface area contributed by atoms with Crippen LogP contribution in [0.5, 0.6) is 0 Å². The largest absolute Gasteiger partial charge is 0.360 e. The van der Waals surface area contributed by atoms with Gasteiger partial charge in [-0.1, -0.05) is 26.0 Å². The first-order valence-corrected chi connectivity index (χ1v) is 6.44. The van der Waals surface area contributed by atoms with Gasteiger partial charge in [0.15, 0.2) is 0 Å². The standard InChI is InChI=1S/C15H24O/c1-6-14(5)9-10-15(16-14)12(3)8-7-11(2)13(15)4/h6,8,11,13H,1,7,9-10H2,2-5H3/t11-,13+,14-,15+/m0/s1. The van der Waals surface area contributed by atoms with Crippen molar-refractivity contribution in [2.45, 2.75) is 58.2 Å². The summed E-state index contributed by atoms with van der Waals surface area (Å²) in [7, 11) is 0. The summed E-state index contributed by atoms with van der Waals surface area (Å²) in [5.41, 5.74) is 1.30. The second kappa shape index (κ2) is 3.73. The Bertz CT molecular complexity index is 330. The lowest BCUT2D eigenvalue weighted by molar-refractivity contribution is -0.0924. The van der Waals surface area contributed by atoms with Crippen molar-refractivity contribution in [2.75, 3.05) is 0 Å². The Kier molecular flexibility index (Phi) is 2.78. The van der Waals surface area contributed by atoms with Crippen molar-refractivity contribution in [1.29, 1.82) is 0 Å². The molecule has 16 heavy (non-hydrogen) atoms. The van der Waals surface area contributed by atoms with Crippen LogP contribution < -0.4 is 0 Å². The molecule has 0 amide bonds. The van der Waals surface area contributed by atoms with Crippen molar-refractivity contribution >= 4 is 0 Å². The number of allylic oxidation sites excluding steroid dienone is 1. The Morgan fingerprint density at radius 2 is 2.12 bits per heavy atom. The molecule has 1 fully saturated rings. The van der Waals surface area contributed by atoms with Crippen LogP contribution in [0.2, 0.25) is 0 Å². The Labute approximate surface area is 99.6 Å². The maximum Gasteiger partial charge on any atom is 0.0929 e. The summed E-state index contributed by atoms with van der Waals surface area (Å²) in [6.07, 6.45) is 7.78. The van der Waals surface area contributed by atoms with Gasteiger partial charge in [-0.2, -0.15) is 0 Å². The molecule has 0 aromatic carbocycles. The third-order valence-corrected chi connectivity index (χ3v) is 4.89. The van der Waals surface area contributed by atoms with Crippen LogP contribution in [0, 0.1) is 11.8 Å². The van der Waals surface area contributed by atoms with E-state index in [9.17, 15) is 0 Å². The van der Waals surface area contributed by atoms with Crippen molar-refractivity contribution < 1.29 is 4.74 Å². The number of rotatable bonds is 1. The summed E-state index contributed by atoms with van der Waals surface area (Å²) >= 11 is 0. The van der Waals surface area contributed by atoms with Crippen LogP contribution in [0.15, 0.2) is 24.3 Å². The van der Waals surface area contributed by atoms with E-state index in [2.05, 4.69) is 40.3 Å². The molecule has 1 aliphatic carbocycles. The molecule has 0 aromatic rings. The second-order valence-corrected chi connectivity index (χ2v) is 5.90. The highest BCUT2D eigenvalue weighted by Crippen LogP contribution is 2.51. The maximum absolute atomic E-state index is 6.44. The molecule has 0 radical (unpaired) electrons. The predicted molar refractivity (Wildman–Crippen MR) is 68.4 cm³/mol. The fourth-order valence-corrected chi connectivity index (χ4v) is 3.25. The van der Waals surface area contributed by atoms with Gasteiger partial charge in [-0.25, -0.2) is 0 Å². The summed E-state index contributed by atoms with van der Waals surface area (Å²) in [5, 5.41) is 0. The van der Waals surface area contributed by atoms with Crippen LogP contribution in [0.1, 0.15) is 47.0 Å².